The highest BCUT2D eigenvalue weighted by Crippen LogP contribution is 2.33. The summed E-state index contributed by atoms with van der Waals surface area (Å²) < 4.78 is 104. The molecule has 0 saturated heterocycles. The minimum atomic E-state index is -4.87. The fourth-order valence-corrected chi connectivity index (χ4v) is 7.03. The average molecular weight is 716 g/mol. The third kappa shape index (κ3) is 7.54. The van der Waals surface area contributed by atoms with Gasteiger partial charge in [-0.15, -0.1) is 4.33 Å². The van der Waals surface area contributed by atoms with E-state index in [0.717, 1.165) is 12.1 Å². The highest BCUT2D eigenvalue weighted by molar-refractivity contribution is 7.94. The molecule has 7 N–H and O–H groups in total. The number of nitrogens with zero attached hydrogens (tertiary/aromatic N) is 2. The molecule has 0 fully saturated rings. The van der Waals surface area contributed by atoms with Gasteiger partial charge in [-0.25, -0.2) is 5.26 Å². The molecule has 5 aromatic rings. The van der Waals surface area contributed by atoms with Crippen molar-refractivity contribution in [3.63, 3.8) is 0 Å². The monoisotopic (exact) mass is 715 g/mol. The maximum absolute atomic E-state index is 12.0. The van der Waals surface area contributed by atoms with Crippen molar-refractivity contribution in [2.45, 2.75) is 19.6 Å². The zero-order valence-electron chi connectivity index (χ0n) is 21.8. The van der Waals surface area contributed by atoms with E-state index in [9.17, 15) is 38.9 Å². The van der Waals surface area contributed by atoms with E-state index in [2.05, 4.69) is 35.0 Å². The van der Waals surface area contributed by atoms with Crippen molar-refractivity contribution in [1.29, 1.82) is 0 Å². The molecule has 0 spiro atoms. The van der Waals surface area contributed by atoms with Crippen LogP contribution in [0.2, 0.25) is 0 Å². The number of H-pyrrole nitrogens is 1. The lowest BCUT2D eigenvalue weighted by molar-refractivity contribution is -0.432. The molecule has 0 unspecified atom stereocenters. The lowest BCUT2D eigenvalue weighted by atomic mass is 10.1. The van der Waals surface area contributed by atoms with Gasteiger partial charge in [-0.2, -0.15) is 35.2 Å². The quantitative estimate of drug-likeness (QED) is 0.0345. The van der Waals surface area contributed by atoms with Gasteiger partial charge < -0.3 is 10.6 Å². The number of aromatic amines is 1. The fraction of sp³-hybridized carbons (Fsp3) is 0. The Kier molecular flexibility index (Phi) is 8.82. The predicted molar refractivity (Wildman–Crippen MR) is 162 cm³/mol. The Bertz CT molecular complexity index is 2380. The molecule has 4 aromatic carbocycles. The first-order chi connectivity index (χ1) is 21.0. The molecule has 0 amide bonds. The van der Waals surface area contributed by atoms with E-state index >= 15 is 0 Å². The van der Waals surface area contributed by atoms with Gasteiger partial charge in [-0.05, 0) is 71.5 Å². The summed E-state index contributed by atoms with van der Waals surface area (Å²) in [5.74, 6) is 0.101. The molecular weight excluding hydrogens is 699 g/mol. The number of aromatic nitrogens is 3. The van der Waals surface area contributed by atoms with Crippen LogP contribution < -0.4 is 10.6 Å². The van der Waals surface area contributed by atoms with Gasteiger partial charge in [0.05, 0.1) is 16.9 Å². The fourth-order valence-electron chi connectivity index (χ4n) is 4.23. The molecule has 0 aliphatic rings. The Morgan fingerprint density at radius 1 is 0.711 bits per heavy atom. The van der Waals surface area contributed by atoms with Crippen LogP contribution >= 0.6 is 24.3 Å². The van der Waals surface area contributed by atoms with Crippen LogP contribution in [-0.4, -0.2) is 59.1 Å². The second kappa shape index (κ2) is 12.2. The molecule has 0 atom stereocenters. The third-order valence-corrected chi connectivity index (χ3v) is 9.33. The Morgan fingerprint density at radius 3 is 1.71 bits per heavy atom. The number of fused-ring (bicyclic) bond motifs is 2. The number of benzene rings is 4. The number of hydrogen-bond donors (Lipinski definition) is 7. The molecular formula is C23H17N5O12S5. The van der Waals surface area contributed by atoms with Gasteiger partial charge in [0.25, 0.3) is 30.4 Å². The SMILES string of the molecule is O=S(=O)(O)c1cc(S(=O)(=O)O)c2ccc(Nc3nc(=S)nc(Nc4ccc5c(S(=O)(=O)O)cc(SOOO)cc5c4)[nH]3)cc2c1. The topological polar surface area (TPSA) is 267 Å². The number of nitrogens with one attached hydrogen (secondary N) is 3. The van der Waals surface area contributed by atoms with Crippen LogP contribution in [0.3, 0.4) is 0 Å². The predicted octanol–water partition coefficient (Wildman–Crippen LogP) is 4.50. The molecule has 0 aliphatic carbocycles. The van der Waals surface area contributed by atoms with E-state index < -0.39 is 45.0 Å². The Balaban J connectivity index is 1.49. The van der Waals surface area contributed by atoms with Crippen LogP contribution in [-0.2, 0) is 39.7 Å². The van der Waals surface area contributed by atoms with Crippen molar-refractivity contribution in [2.75, 3.05) is 10.6 Å². The van der Waals surface area contributed by atoms with Gasteiger partial charge in [0.15, 0.2) is 0 Å². The second-order valence-electron chi connectivity index (χ2n) is 8.94. The molecule has 5 rings (SSSR count). The highest BCUT2D eigenvalue weighted by Gasteiger charge is 2.21. The van der Waals surface area contributed by atoms with Crippen LogP contribution in [0.15, 0.2) is 80.2 Å². The summed E-state index contributed by atoms with van der Waals surface area (Å²) in [4.78, 5) is 9.26. The number of anilines is 4. The van der Waals surface area contributed by atoms with Gasteiger partial charge in [0.2, 0.25) is 16.7 Å². The summed E-state index contributed by atoms with van der Waals surface area (Å²) in [6, 6.07) is 12.7. The largest absolute Gasteiger partial charge is 0.326 e. The summed E-state index contributed by atoms with van der Waals surface area (Å²) in [7, 11) is -14.3. The number of rotatable bonds is 10. The van der Waals surface area contributed by atoms with E-state index in [1.54, 1.807) is 0 Å². The Morgan fingerprint density at radius 2 is 1.22 bits per heavy atom. The van der Waals surface area contributed by atoms with Gasteiger partial charge in [-0.3, -0.25) is 18.6 Å². The standard InChI is InChI=1S/C23H17N5O12S5/c29-39-40-42-15-7-11-5-13(1-3-17(11)19(9-15)44(33,34)35)24-21-26-22(28-23(41)27-21)25-14-2-4-18-12(6-14)8-16(43(30,31)32)10-20(18)45(36,37)38/h1-10,29H,(H,30,31,32)(H,33,34,35)(H,36,37,38)(H3,24,25,26,27,28,41). The first-order valence-corrected chi connectivity index (χ1v) is 17.2. The smallest absolute Gasteiger partial charge is 0.295 e. The molecule has 0 radical (unpaired) electrons. The normalized spacial score (nSPS) is 12.4. The minimum absolute atomic E-state index is 0.0288. The number of hydrogen-bond acceptors (Lipinski definition) is 15. The molecule has 22 heteroatoms. The van der Waals surface area contributed by atoms with E-state index in [1.807, 2.05) is 0 Å². The molecule has 17 nitrogen and oxygen atoms in total. The van der Waals surface area contributed by atoms with Crippen molar-refractivity contribution < 1.29 is 53.5 Å². The Hall–Kier alpha value is -3.81. The van der Waals surface area contributed by atoms with Crippen LogP contribution in [0.25, 0.3) is 21.5 Å². The van der Waals surface area contributed by atoms with Gasteiger partial charge >= 0.3 is 0 Å². The zero-order chi connectivity index (χ0) is 32.7. The summed E-state index contributed by atoms with van der Waals surface area (Å²) in [5.41, 5.74) is 0.635. The molecule has 1 aromatic heterocycles. The van der Waals surface area contributed by atoms with Crippen LogP contribution in [0.4, 0.5) is 23.3 Å². The van der Waals surface area contributed by atoms with Gasteiger partial charge in [0.1, 0.15) is 9.79 Å². The van der Waals surface area contributed by atoms with E-state index in [1.165, 1.54) is 42.5 Å². The summed E-state index contributed by atoms with van der Waals surface area (Å²) in [5, 5.41) is 18.3. The van der Waals surface area contributed by atoms with Crippen molar-refractivity contribution in [1.82, 2.24) is 15.0 Å². The van der Waals surface area contributed by atoms with Crippen LogP contribution in [0.5, 0.6) is 0 Å². The zero-order valence-corrected chi connectivity index (χ0v) is 25.8. The lowest BCUT2D eigenvalue weighted by Crippen LogP contribution is -2.05. The van der Waals surface area contributed by atoms with Crippen molar-refractivity contribution in [2.24, 2.45) is 0 Å². The summed E-state index contributed by atoms with van der Waals surface area (Å²) >= 11 is 5.63. The molecule has 45 heavy (non-hydrogen) atoms. The maximum atomic E-state index is 12.0. The lowest BCUT2D eigenvalue weighted by Gasteiger charge is -2.12. The average Bonchev–Trinajstić information content (AvgIpc) is 2.93. The third-order valence-electron chi connectivity index (χ3n) is 5.97. The van der Waals surface area contributed by atoms with Crippen molar-refractivity contribution in [3.8, 4) is 0 Å². The molecule has 0 aliphatic heterocycles. The summed E-state index contributed by atoms with van der Waals surface area (Å²) in [6.45, 7) is 0. The molecule has 236 valence electrons. The van der Waals surface area contributed by atoms with E-state index in [4.69, 9.17) is 17.5 Å². The minimum Gasteiger partial charge on any atom is -0.326 e. The first kappa shape index (κ1) is 32.6. The second-order valence-corrected chi connectivity index (χ2v) is 14.3. The Labute approximate surface area is 262 Å². The first-order valence-electron chi connectivity index (χ1n) is 11.8. The van der Waals surface area contributed by atoms with Gasteiger partial charge in [-0.1, -0.05) is 17.2 Å². The van der Waals surface area contributed by atoms with Crippen LogP contribution in [0, 0.1) is 4.77 Å². The maximum Gasteiger partial charge on any atom is 0.295 e. The van der Waals surface area contributed by atoms with Gasteiger partial charge in [0, 0.05) is 27.0 Å². The highest BCUT2D eigenvalue weighted by atomic mass is 32.2. The molecule has 0 bridgehead atoms. The van der Waals surface area contributed by atoms with Crippen molar-refractivity contribution >= 4 is 99.4 Å². The molecule has 1 heterocycles. The van der Waals surface area contributed by atoms with Crippen molar-refractivity contribution in [3.05, 3.63) is 65.4 Å². The van der Waals surface area contributed by atoms with Crippen LogP contribution in [0.1, 0.15) is 0 Å². The molecule has 0 saturated carbocycles. The van der Waals surface area contributed by atoms with E-state index in [0.29, 0.717) is 29.2 Å². The van der Waals surface area contributed by atoms with E-state index in [-0.39, 0.29) is 43.4 Å². The summed E-state index contributed by atoms with van der Waals surface area (Å²) in [6.07, 6.45) is 0.